The molecule has 0 saturated heterocycles. The van der Waals surface area contributed by atoms with Gasteiger partial charge in [-0.25, -0.2) is 4.79 Å². The maximum atomic E-state index is 11.6. The van der Waals surface area contributed by atoms with Crippen molar-refractivity contribution in [3.8, 4) is 5.75 Å². The van der Waals surface area contributed by atoms with E-state index in [1.807, 2.05) is 0 Å². The molecule has 120 valence electrons. The minimum atomic E-state index is -0.467. The number of ether oxygens (including phenoxy) is 2. The van der Waals surface area contributed by atoms with Crippen LogP contribution in [-0.4, -0.2) is 24.6 Å². The van der Waals surface area contributed by atoms with E-state index in [1.54, 1.807) is 37.3 Å². The van der Waals surface area contributed by atoms with Gasteiger partial charge in [-0.3, -0.25) is 10.1 Å². The zero-order valence-corrected chi connectivity index (χ0v) is 13.5. The SMILES string of the molecule is CCOC(=O)c1ccc(Sc2ccc([N+](=O)[O-])cc2OC)cc1. The number of nitrogens with zero attached hydrogens (tertiary/aromatic N) is 1. The smallest absolute Gasteiger partial charge is 0.338 e. The summed E-state index contributed by atoms with van der Waals surface area (Å²) in [4.78, 5) is 23.6. The molecule has 0 fully saturated rings. The van der Waals surface area contributed by atoms with Crippen LogP contribution in [0.5, 0.6) is 5.75 Å². The molecule has 23 heavy (non-hydrogen) atoms. The normalized spacial score (nSPS) is 10.2. The predicted octanol–water partition coefficient (Wildman–Crippen LogP) is 3.93. The summed E-state index contributed by atoms with van der Waals surface area (Å²) in [5.74, 6) is 0.0654. The molecule has 0 spiro atoms. The highest BCUT2D eigenvalue weighted by atomic mass is 32.2. The van der Waals surface area contributed by atoms with Gasteiger partial charge in [-0.05, 0) is 37.3 Å². The number of esters is 1. The Balaban J connectivity index is 2.19. The largest absolute Gasteiger partial charge is 0.495 e. The Morgan fingerprint density at radius 1 is 1.22 bits per heavy atom. The molecule has 2 aromatic carbocycles. The van der Waals surface area contributed by atoms with E-state index in [-0.39, 0.29) is 11.7 Å². The highest BCUT2D eigenvalue weighted by Crippen LogP contribution is 2.37. The summed E-state index contributed by atoms with van der Waals surface area (Å²) in [6.45, 7) is 2.08. The lowest BCUT2D eigenvalue weighted by molar-refractivity contribution is -0.385. The zero-order chi connectivity index (χ0) is 16.8. The number of nitro benzene ring substituents is 1. The first-order valence-corrected chi connectivity index (χ1v) is 7.64. The molecule has 0 saturated carbocycles. The van der Waals surface area contributed by atoms with Gasteiger partial charge < -0.3 is 9.47 Å². The Morgan fingerprint density at radius 3 is 2.48 bits per heavy atom. The highest BCUT2D eigenvalue weighted by molar-refractivity contribution is 7.99. The number of nitro groups is 1. The Morgan fingerprint density at radius 2 is 1.91 bits per heavy atom. The minimum Gasteiger partial charge on any atom is -0.495 e. The van der Waals surface area contributed by atoms with Gasteiger partial charge in [-0.15, -0.1) is 0 Å². The molecule has 0 bridgehead atoms. The Hall–Kier alpha value is -2.54. The second-order valence-corrected chi connectivity index (χ2v) is 5.55. The van der Waals surface area contributed by atoms with E-state index in [1.165, 1.54) is 31.0 Å². The molecule has 6 nitrogen and oxygen atoms in total. The number of carbonyl (C=O) groups is 1. The number of rotatable bonds is 6. The first-order chi connectivity index (χ1) is 11.0. The second kappa shape index (κ2) is 7.64. The zero-order valence-electron chi connectivity index (χ0n) is 12.6. The molecule has 0 unspecified atom stereocenters. The standard InChI is InChI=1S/C16H15NO5S/c1-3-22-16(18)11-4-7-13(8-5-11)23-15-9-6-12(17(19)20)10-14(15)21-2/h4-10H,3H2,1-2H3. The molecule has 0 aliphatic heterocycles. The maximum Gasteiger partial charge on any atom is 0.338 e. The lowest BCUT2D eigenvalue weighted by atomic mass is 10.2. The summed E-state index contributed by atoms with van der Waals surface area (Å²) in [6, 6.07) is 11.4. The molecule has 0 amide bonds. The first kappa shape index (κ1) is 16.8. The van der Waals surface area contributed by atoms with E-state index in [0.29, 0.717) is 17.9 Å². The fourth-order valence-electron chi connectivity index (χ4n) is 1.85. The Bertz CT molecular complexity index is 715. The van der Waals surface area contributed by atoms with Crippen LogP contribution < -0.4 is 4.74 Å². The number of hydrogen-bond acceptors (Lipinski definition) is 6. The lowest BCUT2D eigenvalue weighted by Crippen LogP contribution is -2.03. The molecule has 0 atom stereocenters. The van der Waals surface area contributed by atoms with Gasteiger partial charge in [0.2, 0.25) is 0 Å². The van der Waals surface area contributed by atoms with Gasteiger partial charge in [0, 0.05) is 11.0 Å². The van der Waals surface area contributed by atoms with Crippen molar-refractivity contribution in [2.45, 2.75) is 16.7 Å². The Kier molecular flexibility index (Phi) is 5.59. The summed E-state index contributed by atoms with van der Waals surface area (Å²) in [6.07, 6.45) is 0. The van der Waals surface area contributed by atoms with E-state index in [2.05, 4.69) is 0 Å². The molecule has 0 heterocycles. The second-order valence-electron chi connectivity index (χ2n) is 4.44. The van der Waals surface area contributed by atoms with Crippen LogP contribution in [0.2, 0.25) is 0 Å². The van der Waals surface area contributed by atoms with Crippen molar-refractivity contribution < 1.29 is 19.2 Å². The van der Waals surface area contributed by atoms with E-state index >= 15 is 0 Å². The number of methoxy groups -OCH3 is 1. The predicted molar refractivity (Wildman–Crippen MR) is 86.2 cm³/mol. The third-order valence-electron chi connectivity index (χ3n) is 2.95. The van der Waals surface area contributed by atoms with Crippen molar-refractivity contribution in [2.75, 3.05) is 13.7 Å². The van der Waals surface area contributed by atoms with Gasteiger partial charge >= 0.3 is 5.97 Å². The Labute approximate surface area is 137 Å². The van der Waals surface area contributed by atoms with Crippen LogP contribution in [0, 0.1) is 10.1 Å². The van der Waals surface area contributed by atoms with Gasteiger partial charge in [0.1, 0.15) is 5.75 Å². The molecule has 2 aromatic rings. The number of benzene rings is 2. The summed E-state index contributed by atoms with van der Waals surface area (Å²) in [7, 11) is 1.47. The van der Waals surface area contributed by atoms with Gasteiger partial charge in [-0.1, -0.05) is 11.8 Å². The number of hydrogen-bond donors (Lipinski definition) is 0. The quantitative estimate of drug-likeness (QED) is 0.453. The fourth-order valence-corrected chi connectivity index (χ4v) is 2.76. The molecule has 0 radical (unpaired) electrons. The average Bonchev–Trinajstić information content (AvgIpc) is 2.56. The monoisotopic (exact) mass is 333 g/mol. The summed E-state index contributed by atoms with van der Waals surface area (Å²) in [5, 5.41) is 10.8. The van der Waals surface area contributed by atoms with Crippen molar-refractivity contribution in [3.63, 3.8) is 0 Å². The molecule has 0 aliphatic carbocycles. The average molecular weight is 333 g/mol. The van der Waals surface area contributed by atoms with Crippen LogP contribution >= 0.6 is 11.8 Å². The molecule has 0 N–H and O–H groups in total. The summed E-state index contributed by atoms with van der Waals surface area (Å²) >= 11 is 1.39. The third kappa shape index (κ3) is 4.23. The molecule has 2 rings (SSSR count). The van der Waals surface area contributed by atoms with Gasteiger partial charge in [0.15, 0.2) is 0 Å². The van der Waals surface area contributed by atoms with E-state index in [0.717, 1.165) is 9.79 Å². The van der Waals surface area contributed by atoms with Crippen molar-refractivity contribution in [1.82, 2.24) is 0 Å². The summed E-state index contributed by atoms with van der Waals surface area (Å²) in [5.41, 5.74) is 0.454. The lowest BCUT2D eigenvalue weighted by Gasteiger charge is -2.08. The third-order valence-corrected chi connectivity index (χ3v) is 4.02. The van der Waals surface area contributed by atoms with E-state index in [4.69, 9.17) is 9.47 Å². The van der Waals surface area contributed by atoms with Crippen LogP contribution in [0.4, 0.5) is 5.69 Å². The van der Waals surface area contributed by atoms with Crippen LogP contribution in [0.1, 0.15) is 17.3 Å². The molecular weight excluding hydrogens is 318 g/mol. The summed E-state index contributed by atoms with van der Waals surface area (Å²) < 4.78 is 10.1. The van der Waals surface area contributed by atoms with Crippen LogP contribution in [-0.2, 0) is 4.74 Å². The number of carbonyl (C=O) groups excluding carboxylic acids is 1. The molecular formula is C16H15NO5S. The van der Waals surface area contributed by atoms with E-state index < -0.39 is 4.92 Å². The van der Waals surface area contributed by atoms with Crippen LogP contribution in [0.25, 0.3) is 0 Å². The first-order valence-electron chi connectivity index (χ1n) is 6.82. The fraction of sp³-hybridized carbons (Fsp3) is 0.188. The molecule has 0 aliphatic rings. The highest BCUT2D eigenvalue weighted by Gasteiger charge is 2.13. The van der Waals surface area contributed by atoms with Gasteiger partial charge in [-0.2, -0.15) is 0 Å². The van der Waals surface area contributed by atoms with Crippen molar-refractivity contribution in [3.05, 3.63) is 58.1 Å². The number of non-ortho nitro benzene ring substituents is 1. The topological polar surface area (TPSA) is 78.7 Å². The van der Waals surface area contributed by atoms with Crippen molar-refractivity contribution in [2.24, 2.45) is 0 Å². The van der Waals surface area contributed by atoms with Gasteiger partial charge in [0.05, 0.1) is 35.2 Å². The molecule has 7 heteroatoms. The van der Waals surface area contributed by atoms with Crippen molar-refractivity contribution in [1.29, 1.82) is 0 Å². The minimum absolute atomic E-state index is 0.0242. The van der Waals surface area contributed by atoms with Crippen LogP contribution in [0.3, 0.4) is 0 Å². The van der Waals surface area contributed by atoms with E-state index in [9.17, 15) is 14.9 Å². The molecule has 0 aromatic heterocycles. The van der Waals surface area contributed by atoms with Crippen LogP contribution in [0.15, 0.2) is 52.3 Å². The van der Waals surface area contributed by atoms with Gasteiger partial charge in [0.25, 0.3) is 5.69 Å². The maximum absolute atomic E-state index is 11.6. The van der Waals surface area contributed by atoms with Crippen molar-refractivity contribution >= 4 is 23.4 Å².